The normalized spacial score (nSPS) is 9.83. The molecule has 12 heavy (non-hydrogen) atoms. The van der Waals surface area contributed by atoms with E-state index in [2.05, 4.69) is 0 Å². The number of rotatable bonds is 2. The second-order valence-corrected chi connectivity index (χ2v) is 2.69. The first kappa shape index (κ1) is 8.71. The molecule has 0 unspecified atom stereocenters. The Morgan fingerprint density at radius 1 is 1.58 bits per heavy atom. The van der Waals surface area contributed by atoms with Crippen LogP contribution < -0.4 is 5.73 Å². The molecular formula is C9H10FNO. The number of halogens is 1. The van der Waals surface area contributed by atoms with E-state index in [9.17, 15) is 9.18 Å². The number of hydrogen-bond acceptors (Lipinski definition) is 2. The van der Waals surface area contributed by atoms with E-state index in [1.165, 1.54) is 19.1 Å². The fourth-order valence-electron chi connectivity index (χ4n) is 1.01. The third kappa shape index (κ3) is 1.81. The minimum absolute atomic E-state index is 0.0680. The molecule has 2 N–H and O–H groups in total. The summed E-state index contributed by atoms with van der Waals surface area (Å²) in [6, 6.07) is 4.41. The number of hydrogen-bond donors (Lipinski definition) is 1. The van der Waals surface area contributed by atoms with Crippen molar-refractivity contribution in [2.45, 2.75) is 13.3 Å². The summed E-state index contributed by atoms with van der Waals surface area (Å²) >= 11 is 0. The highest BCUT2D eigenvalue weighted by molar-refractivity contribution is 5.79. The topological polar surface area (TPSA) is 43.1 Å². The average Bonchev–Trinajstić information content (AvgIpc) is 1.97. The Labute approximate surface area is 70.2 Å². The summed E-state index contributed by atoms with van der Waals surface area (Å²) in [6.45, 7) is 1.41. The van der Waals surface area contributed by atoms with Gasteiger partial charge in [-0.05, 0) is 19.1 Å². The molecule has 0 radical (unpaired) electrons. The lowest BCUT2D eigenvalue weighted by molar-refractivity contribution is -0.116. The molecule has 1 aromatic carbocycles. The van der Waals surface area contributed by atoms with Crippen LogP contribution in [0.3, 0.4) is 0 Å². The van der Waals surface area contributed by atoms with E-state index >= 15 is 0 Å². The number of Topliss-reactive ketones (excluding diaryl/α,β-unsaturated/α-hetero) is 1. The van der Waals surface area contributed by atoms with Crippen LogP contribution in [0.2, 0.25) is 0 Å². The predicted molar refractivity (Wildman–Crippen MR) is 45.2 cm³/mol. The van der Waals surface area contributed by atoms with Gasteiger partial charge in [-0.1, -0.05) is 6.07 Å². The van der Waals surface area contributed by atoms with Crippen LogP contribution in [0.15, 0.2) is 18.2 Å². The summed E-state index contributed by atoms with van der Waals surface area (Å²) in [5.41, 5.74) is 6.11. The molecule has 64 valence electrons. The molecule has 0 fully saturated rings. The predicted octanol–water partition coefficient (Wildman–Crippen LogP) is 1.54. The number of nitrogen functional groups attached to an aromatic ring is 1. The highest BCUT2D eigenvalue weighted by Gasteiger charge is 2.07. The number of nitrogens with two attached hydrogens (primary N) is 1. The van der Waals surface area contributed by atoms with Gasteiger partial charge in [-0.2, -0.15) is 0 Å². The highest BCUT2D eigenvalue weighted by atomic mass is 19.1. The Morgan fingerprint density at radius 3 is 2.75 bits per heavy atom. The number of ketones is 1. The maximum Gasteiger partial charge on any atom is 0.134 e. The highest BCUT2D eigenvalue weighted by Crippen LogP contribution is 2.15. The molecule has 0 aliphatic carbocycles. The Hall–Kier alpha value is -1.38. The molecule has 1 rings (SSSR count). The molecule has 0 atom stereocenters. The van der Waals surface area contributed by atoms with Crippen LogP contribution in [0.5, 0.6) is 0 Å². The Morgan fingerprint density at radius 2 is 2.25 bits per heavy atom. The number of carbonyl (C=O) groups is 1. The summed E-state index contributed by atoms with van der Waals surface area (Å²) in [4.78, 5) is 10.7. The summed E-state index contributed by atoms with van der Waals surface area (Å²) in [5.74, 6) is -0.503. The van der Waals surface area contributed by atoms with Gasteiger partial charge < -0.3 is 5.73 Å². The molecule has 0 aliphatic heterocycles. The fourth-order valence-corrected chi connectivity index (χ4v) is 1.01. The third-order valence-electron chi connectivity index (χ3n) is 1.58. The Balaban J connectivity index is 3.04. The molecule has 3 heteroatoms. The van der Waals surface area contributed by atoms with Crippen molar-refractivity contribution in [2.75, 3.05) is 5.73 Å². The molecular weight excluding hydrogens is 157 g/mol. The van der Waals surface area contributed by atoms with E-state index in [0.29, 0.717) is 11.3 Å². The van der Waals surface area contributed by atoms with Gasteiger partial charge in [0.25, 0.3) is 0 Å². The second-order valence-electron chi connectivity index (χ2n) is 2.69. The first-order valence-electron chi connectivity index (χ1n) is 3.63. The van der Waals surface area contributed by atoms with Crippen molar-refractivity contribution >= 4 is 11.5 Å². The lowest BCUT2D eigenvalue weighted by Gasteiger charge is -2.03. The van der Waals surface area contributed by atoms with Crippen molar-refractivity contribution in [3.05, 3.63) is 29.6 Å². The SMILES string of the molecule is CC(=O)Cc1c(N)cccc1F. The average molecular weight is 167 g/mol. The molecule has 0 amide bonds. The van der Waals surface area contributed by atoms with Gasteiger partial charge >= 0.3 is 0 Å². The van der Waals surface area contributed by atoms with E-state index in [4.69, 9.17) is 5.73 Å². The molecule has 0 aliphatic rings. The summed E-state index contributed by atoms with van der Waals surface area (Å²) in [7, 11) is 0. The van der Waals surface area contributed by atoms with Crippen molar-refractivity contribution in [3.8, 4) is 0 Å². The monoisotopic (exact) mass is 167 g/mol. The summed E-state index contributed by atoms with van der Waals surface area (Å²) in [6.07, 6.45) is 0.0680. The largest absolute Gasteiger partial charge is 0.398 e. The Bertz CT molecular complexity index is 289. The maximum atomic E-state index is 13.0. The van der Waals surface area contributed by atoms with Crippen LogP contribution in [-0.4, -0.2) is 5.78 Å². The smallest absolute Gasteiger partial charge is 0.134 e. The van der Waals surface area contributed by atoms with E-state index < -0.39 is 5.82 Å². The third-order valence-corrected chi connectivity index (χ3v) is 1.58. The lowest BCUT2D eigenvalue weighted by atomic mass is 10.1. The van der Waals surface area contributed by atoms with Gasteiger partial charge in [0.15, 0.2) is 0 Å². The van der Waals surface area contributed by atoms with Gasteiger partial charge in [0.1, 0.15) is 11.6 Å². The minimum atomic E-state index is -0.412. The molecule has 0 heterocycles. The van der Waals surface area contributed by atoms with Gasteiger partial charge in [-0.3, -0.25) is 4.79 Å². The van der Waals surface area contributed by atoms with Gasteiger partial charge in [0.05, 0.1) is 0 Å². The van der Waals surface area contributed by atoms with Crippen molar-refractivity contribution in [2.24, 2.45) is 0 Å². The van der Waals surface area contributed by atoms with Crippen LogP contribution >= 0.6 is 0 Å². The zero-order chi connectivity index (χ0) is 9.14. The van der Waals surface area contributed by atoms with Crippen LogP contribution in [0.25, 0.3) is 0 Å². The lowest BCUT2D eigenvalue weighted by Crippen LogP contribution is -2.03. The van der Waals surface area contributed by atoms with E-state index in [-0.39, 0.29) is 12.2 Å². The first-order valence-corrected chi connectivity index (χ1v) is 3.63. The van der Waals surface area contributed by atoms with Gasteiger partial charge in [-0.25, -0.2) is 4.39 Å². The molecule has 1 aromatic rings. The molecule has 0 saturated heterocycles. The fraction of sp³-hybridized carbons (Fsp3) is 0.222. The molecule has 0 aromatic heterocycles. The van der Waals surface area contributed by atoms with Gasteiger partial charge in [0.2, 0.25) is 0 Å². The zero-order valence-electron chi connectivity index (χ0n) is 6.80. The molecule has 0 saturated carbocycles. The zero-order valence-corrected chi connectivity index (χ0v) is 6.80. The van der Waals surface area contributed by atoms with Crippen LogP contribution in [0.4, 0.5) is 10.1 Å². The molecule has 0 spiro atoms. The van der Waals surface area contributed by atoms with Crippen LogP contribution in [-0.2, 0) is 11.2 Å². The minimum Gasteiger partial charge on any atom is -0.398 e. The summed E-state index contributed by atoms with van der Waals surface area (Å²) < 4.78 is 13.0. The van der Waals surface area contributed by atoms with E-state index in [0.717, 1.165) is 0 Å². The maximum absolute atomic E-state index is 13.0. The van der Waals surface area contributed by atoms with Gasteiger partial charge in [0, 0.05) is 17.7 Å². The van der Waals surface area contributed by atoms with E-state index in [1.54, 1.807) is 6.07 Å². The molecule has 2 nitrogen and oxygen atoms in total. The first-order chi connectivity index (χ1) is 5.61. The Kier molecular flexibility index (Phi) is 2.43. The number of benzene rings is 1. The van der Waals surface area contributed by atoms with Gasteiger partial charge in [-0.15, -0.1) is 0 Å². The van der Waals surface area contributed by atoms with Crippen molar-refractivity contribution < 1.29 is 9.18 Å². The van der Waals surface area contributed by atoms with Crippen molar-refractivity contribution in [3.63, 3.8) is 0 Å². The molecule has 0 bridgehead atoms. The quantitative estimate of drug-likeness (QED) is 0.679. The second kappa shape index (κ2) is 3.34. The van der Waals surface area contributed by atoms with Crippen LogP contribution in [0.1, 0.15) is 12.5 Å². The van der Waals surface area contributed by atoms with Crippen LogP contribution in [0, 0.1) is 5.82 Å². The number of carbonyl (C=O) groups excluding carboxylic acids is 1. The summed E-state index contributed by atoms with van der Waals surface area (Å²) in [5, 5.41) is 0. The van der Waals surface area contributed by atoms with E-state index in [1.807, 2.05) is 0 Å². The van der Waals surface area contributed by atoms with Crippen molar-refractivity contribution in [1.29, 1.82) is 0 Å². The van der Waals surface area contributed by atoms with Crippen molar-refractivity contribution in [1.82, 2.24) is 0 Å². The standard InChI is InChI=1S/C9H10FNO/c1-6(12)5-7-8(10)3-2-4-9(7)11/h2-4H,5,11H2,1H3. The number of anilines is 1.